The number of carbonyl (C=O) groups is 2. The molecule has 0 heterocycles. The molecule has 132 valence electrons. The zero-order chi connectivity index (χ0) is 18.6. The first-order valence-electron chi connectivity index (χ1n) is 7.82. The Bertz CT molecular complexity index is 782. The molecular formula is C19H22N2O4. The van der Waals surface area contributed by atoms with Gasteiger partial charge in [0.05, 0.1) is 19.2 Å². The van der Waals surface area contributed by atoms with E-state index < -0.39 is 5.91 Å². The van der Waals surface area contributed by atoms with Crippen molar-refractivity contribution in [2.45, 2.75) is 13.8 Å². The quantitative estimate of drug-likeness (QED) is 0.876. The number of benzene rings is 2. The second-order valence-corrected chi connectivity index (χ2v) is 5.86. The van der Waals surface area contributed by atoms with Crippen LogP contribution in [0.3, 0.4) is 0 Å². The van der Waals surface area contributed by atoms with Crippen LogP contribution < -0.4 is 10.1 Å². The number of amides is 2. The second-order valence-electron chi connectivity index (χ2n) is 5.86. The first-order valence-corrected chi connectivity index (χ1v) is 7.82. The number of likely N-dealkylation sites (N-methyl/N-ethyl adjacent to an activating group) is 1. The number of carbonyl (C=O) groups excluding carboxylic acids is 2. The van der Waals surface area contributed by atoms with Crippen LogP contribution in [0.25, 0.3) is 0 Å². The van der Waals surface area contributed by atoms with Crippen molar-refractivity contribution in [2.75, 3.05) is 26.0 Å². The average Bonchev–Trinajstić information content (AvgIpc) is 2.57. The number of anilines is 1. The molecule has 2 aromatic rings. The van der Waals surface area contributed by atoms with E-state index in [-0.39, 0.29) is 23.8 Å². The molecule has 0 bridgehead atoms. The minimum absolute atomic E-state index is 0.114. The van der Waals surface area contributed by atoms with Crippen molar-refractivity contribution in [3.8, 4) is 11.5 Å². The SMILES string of the molecule is COc1ccc(C(=O)N(C)CC(=O)Nc2c(C)cccc2C)c(O)c1. The van der Waals surface area contributed by atoms with Gasteiger partial charge in [-0.1, -0.05) is 18.2 Å². The number of hydrogen-bond donors (Lipinski definition) is 2. The molecule has 0 radical (unpaired) electrons. The van der Waals surface area contributed by atoms with Crippen LogP contribution in [0.5, 0.6) is 11.5 Å². The van der Waals surface area contributed by atoms with Crippen molar-refractivity contribution >= 4 is 17.5 Å². The largest absolute Gasteiger partial charge is 0.507 e. The van der Waals surface area contributed by atoms with Gasteiger partial charge in [-0.05, 0) is 37.1 Å². The normalized spacial score (nSPS) is 10.2. The highest BCUT2D eigenvalue weighted by Crippen LogP contribution is 2.24. The van der Waals surface area contributed by atoms with Crippen molar-refractivity contribution in [2.24, 2.45) is 0 Å². The Morgan fingerprint density at radius 1 is 1.16 bits per heavy atom. The maximum Gasteiger partial charge on any atom is 0.257 e. The Labute approximate surface area is 147 Å². The van der Waals surface area contributed by atoms with Crippen LogP contribution in [-0.4, -0.2) is 42.5 Å². The maximum atomic E-state index is 12.4. The monoisotopic (exact) mass is 342 g/mol. The zero-order valence-electron chi connectivity index (χ0n) is 14.8. The summed E-state index contributed by atoms with van der Waals surface area (Å²) < 4.78 is 4.99. The predicted molar refractivity (Wildman–Crippen MR) is 96.2 cm³/mol. The van der Waals surface area contributed by atoms with Crippen molar-refractivity contribution in [3.63, 3.8) is 0 Å². The second kappa shape index (κ2) is 7.70. The maximum absolute atomic E-state index is 12.4. The molecule has 0 aliphatic carbocycles. The highest BCUT2D eigenvalue weighted by Gasteiger charge is 2.19. The summed E-state index contributed by atoms with van der Waals surface area (Å²) in [4.78, 5) is 25.9. The number of phenolic OH excluding ortho intramolecular Hbond substituents is 1. The molecule has 0 spiro atoms. The number of hydrogen-bond acceptors (Lipinski definition) is 4. The van der Waals surface area contributed by atoms with E-state index in [4.69, 9.17) is 4.74 Å². The van der Waals surface area contributed by atoms with Gasteiger partial charge in [0.1, 0.15) is 11.5 Å². The highest BCUT2D eigenvalue weighted by atomic mass is 16.5. The van der Waals surface area contributed by atoms with Crippen LogP contribution in [0, 0.1) is 13.8 Å². The third kappa shape index (κ3) is 4.29. The van der Waals surface area contributed by atoms with Gasteiger partial charge in [0.25, 0.3) is 5.91 Å². The molecule has 0 aliphatic heterocycles. The van der Waals surface area contributed by atoms with Crippen molar-refractivity contribution in [3.05, 3.63) is 53.1 Å². The number of para-hydroxylation sites is 1. The lowest BCUT2D eigenvalue weighted by molar-refractivity contribution is -0.116. The summed E-state index contributed by atoms with van der Waals surface area (Å²) in [6.45, 7) is 3.69. The fourth-order valence-electron chi connectivity index (χ4n) is 2.50. The number of aryl methyl sites for hydroxylation is 2. The van der Waals surface area contributed by atoms with E-state index in [1.54, 1.807) is 6.07 Å². The molecular weight excluding hydrogens is 320 g/mol. The van der Waals surface area contributed by atoms with E-state index in [2.05, 4.69) is 5.32 Å². The fraction of sp³-hybridized carbons (Fsp3) is 0.263. The van der Waals surface area contributed by atoms with Gasteiger partial charge in [-0.3, -0.25) is 9.59 Å². The lowest BCUT2D eigenvalue weighted by Crippen LogP contribution is -2.35. The molecule has 2 aromatic carbocycles. The van der Waals surface area contributed by atoms with E-state index in [1.807, 2.05) is 32.0 Å². The van der Waals surface area contributed by atoms with Crippen molar-refractivity contribution in [1.82, 2.24) is 4.90 Å². The van der Waals surface area contributed by atoms with Gasteiger partial charge in [0.2, 0.25) is 5.91 Å². The van der Waals surface area contributed by atoms with E-state index in [0.717, 1.165) is 16.8 Å². The van der Waals surface area contributed by atoms with Crippen molar-refractivity contribution < 1.29 is 19.4 Å². The summed E-state index contributed by atoms with van der Waals surface area (Å²) in [7, 11) is 2.98. The van der Waals surface area contributed by atoms with E-state index in [0.29, 0.717) is 5.75 Å². The van der Waals surface area contributed by atoms with E-state index in [9.17, 15) is 14.7 Å². The van der Waals surface area contributed by atoms with E-state index in [1.165, 1.54) is 31.2 Å². The Morgan fingerprint density at radius 3 is 2.36 bits per heavy atom. The van der Waals surface area contributed by atoms with Gasteiger partial charge in [0, 0.05) is 18.8 Å². The average molecular weight is 342 g/mol. The van der Waals surface area contributed by atoms with Gasteiger partial charge in [-0.25, -0.2) is 0 Å². The van der Waals surface area contributed by atoms with Gasteiger partial charge in [-0.15, -0.1) is 0 Å². The summed E-state index contributed by atoms with van der Waals surface area (Å²) in [6, 6.07) is 10.1. The predicted octanol–water partition coefficient (Wildman–Crippen LogP) is 2.73. The molecule has 0 atom stereocenters. The number of aromatic hydroxyl groups is 1. The molecule has 25 heavy (non-hydrogen) atoms. The summed E-state index contributed by atoms with van der Waals surface area (Å²) >= 11 is 0. The molecule has 0 aliphatic rings. The molecule has 2 rings (SSSR count). The number of methoxy groups -OCH3 is 1. The molecule has 0 saturated heterocycles. The van der Waals surface area contributed by atoms with Gasteiger partial charge in [0.15, 0.2) is 0 Å². The number of ether oxygens (including phenoxy) is 1. The molecule has 2 N–H and O–H groups in total. The van der Waals surface area contributed by atoms with Crippen molar-refractivity contribution in [1.29, 1.82) is 0 Å². The number of phenols is 1. The highest BCUT2D eigenvalue weighted by molar-refractivity contribution is 6.01. The number of nitrogens with zero attached hydrogens (tertiary/aromatic N) is 1. The van der Waals surface area contributed by atoms with Crippen LogP contribution in [0.2, 0.25) is 0 Å². The summed E-state index contributed by atoms with van der Waals surface area (Å²) in [5.74, 6) is -0.492. The zero-order valence-corrected chi connectivity index (χ0v) is 14.8. The first-order chi connectivity index (χ1) is 11.8. The van der Waals surface area contributed by atoms with Crippen LogP contribution in [-0.2, 0) is 4.79 Å². The van der Waals surface area contributed by atoms with Crippen LogP contribution in [0.4, 0.5) is 5.69 Å². The number of rotatable bonds is 5. The summed E-state index contributed by atoms with van der Waals surface area (Å²) in [5, 5.41) is 12.8. The summed E-state index contributed by atoms with van der Waals surface area (Å²) in [6.07, 6.45) is 0. The Kier molecular flexibility index (Phi) is 5.64. The molecule has 0 saturated carbocycles. The standard InChI is InChI=1S/C19H22N2O4/c1-12-6-5-7-13(2)18(12)20-17(23)11-21(3)19(24)15-9-8-14(25-4)10-16(15)22/h5-10,22H,11H2,1-4H3,(H,20,23). The minimum atomic E-state index is -0.447. The van der Waals surface area contributed by atoms with Gasteiger partial charge >= 0.3 is 0 Å². The molecule has 0 unspecified atom stereocenters. The fourth-order valence-corrected chi connectivity index (χ4v) is 2.50. The Balaban J connectivity index is 2.07. The third-order valence-corrected chi connectivity index (χ3v) is 3.91. The lowest BCUT2D eigenvalue weighted by atomic mass is 10.1. The van der Waals surface area contributed by atoms with Crippen LogP contribution >= 0.6 is 0 Å². The van der Waals surface area contributed by atoms with Crippen LogP contribution in [0.1, 0.15) is 21.5 Å². The minimum Gasteiger partial charge on any atom is -0.507 e. The smallest absolute Gasteiger partial charge is 0.257 e. The molecule has 6 nitrogen and oxygen atoms in total. The first kappa shape index (κ1) is 18.3. The van der Waals surface area contributed by atoms with Gasteiger partial charge < -0.3 is 20.1 Å². The summed E-state index contributed by atoms with van der Waals surface area (Å²) in [5.41, 5.74) is 2.77. The van der Waals surface area contributed by atoms with Crippen LogP contribution in [0.15, 0.2) is 36.4 Å². The molecule has 0 aromatic heterocycles. The third-order valence-electron chi connectivity index (χ3n) is 3.91. The number of nitrogens with one attached hydrogen (secondary N) is 1. The molecule has 6 heteroatoms. The topological polar surface area (TPSA) is 78.9 Å². The Morgan fingerprint density at radius 2 is 1.80 bits per heavy atom. The lowest BCUT2D eigenvalue weighted by Gasteiger charge is -2.19. The van der Waals surface area contributed by atoms with E-state index >= 15 is 0 Å². The molecule has 2 amide bonds. The Hall–Kier alpha value is -3.02. The van der Waals surface area contributed by atoms with Gasteiger partial charge in [-0.2, -0.15) is 0 Å². The molecule has 0 fully saturated rings.